The second-order valence-electron chi connectivity index (χ2n) is 9.43. The molecule has 36 heavy (non-hydrogen) atoms. The SMILES string of the molecule is C[C@@H](COC(=O)N1CCC(n2c(=O)[nH]c3ccccc32)CC1)N(Cc1ccccc1)Cc1ccco1. The number of hydrogen-bond donors (Lipinski definition) is 1. The standard InChI is InChI=1S/C28H32N4O4/c1-21(31(19-24-10-7-17-35-24)18-22-8-3-2-4-9-22)20-36-28(34)30-15-13-23(14-16-30)32-26-12-6-5-11-25(26)29-27(32)33/h2-12,17,21,23H,13-16,18-20H2,1H3,(H,29,33)/t21-/m0/s1. The number of H-pyrrole nitrogens is 1. The average molecular weight is 489 g/mol. The van der Waals surface area contributed by atoms with E-state index in [4.69, 9.17) is 9.15 Å². The third kappa shape index (κ3) is 5.39. The van der Waals surface area contributed by atoms with Gasteiger partial charge in [-0.1, -0.05) is 42.5 Å². The first-order chi connectivity index (χ1) is 17.6. The molecule has 188 valence electrons. The van der Waals surface area contributed by atoms with E-state index in [1.807, 2.05) is 59.2 Å². The molecule has 0 spiro atoms. The Morgan fingerprint density at radius 2 is 1.81 bits per heavy atom. The number of carbonyl (C=O) groups excluding carboxylic acids is 1. The van der Waals surface area contributed by atoms with Crippen LogP contribution in [0.2, 0.25) is 0 Å². The number of amides is 1. The normalized spacial score (nSPS) is 15.4. The quantitative estimate of drug-likeness (QED) is 0.386. The summed E-state index contributed by atoms with van der Waals surface area (Å²) in [5.74, 6) is 0.874. The summed E-state index contributed by atoms with van der Waals surface area (Å²) >= 11 is 0. The van der Waals surface area contributed by atoms with Gasteiger partial charge in [0.15, 0.2) is 0 Å². The van der Waals surface area contributed by atoms with Crippen molar-refractivity contribution in [2.24, 2.45) is 0 Å². The zero-order valence-corrected chi connectivity index (χ0v) is 20.5. The predicted octanol–water partition coefficient (Wildman–Crippen LogP) is 4.79. The number of benzene rings is 2. The van der Waals surface area contributed by atoms with Gasteiger partial charge < -0.3 is 19.0 Å². The Labute approximate surface area is 210 Å². The molecule has 4 aromatic rings. The summed E-state index contributed by atoms with van der Waals surface area (Å²) in [6.07, 6.45) is 2.80. The molecule has 8 nitrogen and oxygen atoms in total. The number of piperidine rings is 1. The van der Waals surface area contributed by atoms with Gasteiger partial charge in [-0.2, -0.15) is 0 Å². The molecule has 1 fully saturated rings. The Kier molecular flexibility index (Phi) is 7.23. The van der Waals surface area contributed by atoms with Crippen molar-refractivity contribution >= 4 is 17.1 Å². The maximum Gasteiger partial charge on any atom is 0.409 e. The van der Waals surface area contributed by atoms with Crippen LogP contribution in [0.4, 0.5) is 4.79 Å². The lowest BCUT2D eigenvalue weighted by atomic mass is 10.0. The molecule has 1 saturated heterocycles. The number of ether oxygens (including phenoxy) is 1. The summed E-state index contributed by atoms with van der Waals surface area (Å²) < 4.78 is 13.1. The maximum atomic E-state index is 12.9. The average Bonchev–Trinajstić information content (AvgIpc) is 3.54. The Bertz CT molecular complexity index is 1320. The fraction of sp³-hybridized carbons (Fsp3) is 0.357. The van der Waals surface area contributed by atoms with Gasteiger partial charge in [0.1, 0.15) is 12.4 Å². The molecule has 1 aliphatic rings. The van der Waals surface area contributed by atoms with Crippen molar-refractivity contribution in [1.29, 1.82) is 0 Å². The predicted molar refractivity (Wildman–Crippen MR) is 138 cm³/mol. The van der Waals surface area contributed by atoms with Crippen LogP contribution in [0, 0.1) is 0 Å². The van der Waals surface area contributed by atoms with Crippen molar-refractivity contribution in [3.63, 3.8) is 0 Å². The first-order valence-corrected chi connectivity index (χ1v) is 12.5. The highest BCUT2D eigenvalue weighted by molar-refractivity contribution is 5.75. The number of likely N-dealkylation sites (tertiary alicyclic amines) is 1. The molecule has 0 saturated carbocycles. The van der Waals surface area contributed by atoms with Gasteiger partial charge in [-0.05, 0) is 49.6 Å². The second kappa shape index (κ2) is 10.9. The van der Waals surface area contributed by atoms with E-state index in [-0.39, 0.29) is 30.5 Å². The van der Waals surface area contributed by atoms with E-state index in [1.165, 1.54) is 5.56 Å². The fourth-order valence-electron chi connectivity index (χ4n) is 4.92. The van der Waals surface area contributed by atoms with Crippen LogP contribution < -0.4 is 5.69 Å². The van der Waals surface area contributed by atoms with Crippen molar-refractivity contribution in [3.8, 4) is 0 Å². The zero-order valence-electron chi connectivity index (χ0n) is 20.5. The summed E-state index contributed by atoms with van der Waals surface area (Å²) in [4.78, 5) is 32.3. The van der Waals surface area contributed by atoms with Crippen molar-refractivity contribution in [3.05, 3.63) is 94.8 Å². The Hall–Kier alpha value is -3.78. The van der Waals surface area contributed by atoms with Gasteiger partial charge in [0.2, 0.25) is 0 Å². The minimum atomic E-state index is -0.302. The number of fused-ring (bicyclic) bond motifs is 1. The summed E-state index contributed by atoms with van der Waals surface area (Å²) in [5.41, 5.74) is 2.85. The van der Waals surface area contributed by atoms with Crippen LogP contribution in [-0.4, -0.2) is 51.2 Å². The number of hydrogen-bond acceptors (Lipinski definition) is 5. The minimum absolute atomic E-state index is 0.00147. The van der Waals surface area contributed by atoms with Crippen LogP contribution in [0.5, 0.6) is 0 Å². The number of para-hydroxylation sites is 2. The van der Waals surface area contributed by atoms with Gasteiger partial charge in [0, 0.05) is 31.7 Å². The van der Waals surface area contributed by atoms with Gasteiger partial charge >= 0.3 is 11.8 Å². The molecule has 2 aromatic carbocycles. The van der Waals surface area contributed by atoms with Crippen LogP contribution in [0.15, 0.2) is 82.2 Å². The Balaban J connectivity index is 1.16. The number of rotatable bonds is 8. The van der Waals surface area contributed by atoms with Crippen LogP contribution in [0.1, 0.15) is 37.1 Å². The van der Waals surface area contributed by atoms with Crippen LogP contribution in [0.25, 0.3) is 11.0 Å². The highest BCUT2D eigenvalue weighted by Crippen LogP contribution is 2.25. The van der Waals surface area contributed by atoms with Crippen molar-refractivity contribution in [1.82, 2.24) is 19.4 Å². The molecule has 0 bridgehead atoms. The minimum Gasteiger partial charge on any atom is -0.468 e. The van der Waals surface area contributed by atoms with Crippen molar-refractivity contribution in [2.45, 2.75) is 44.9 Å². The van der Waals surface area contributed by atoms with E-state index >= 15 is 0 Å². The monoisotopic (exact) mass is 488 g/mol. The van der Waals surface area contributed by atoms with Crippen LogP contribution in [-0.2, 0) is 17.8 Å². The van der Waals surface area contributed by atoms with E-state index in [2.05, 4.69) is 28.9 Å². The topological polar surface area (TPSA) is 83.7 Å². The van der Waals surface area contributed by atoms with Gasteiger partial charge in [-0.3, -0.25) is 9.47 Å². The molecule has 8 heteroatoms. The first-order valence-electron chi connectivity index (χ1n) is 12.5. The van der Waals surface area contributed by atoms with E-state index in [0.29, 0.717) is 32.5 Å². The van der Waals surface area contributed by atoms with Gasteiger partial charge in [-0.15, -0.1) is 0 Å². The molecular formula is C28H32N4O4. The number of aromatic amines is 1. The summed E-state index contributed by atoms with van der Waals surface area (Å²) in [5, 5.41) is 0. The molecule has 5 rings (SSSR count). The first kappa shape index (κ1) is 23.9. The van der Waals surface area contributed by atoms with E-state index < -0.39 is 0 Å². The maximum absolute atomic E-state index is 12.9. The Morgan fingerprint density at radius 3 is 2.56 bits per heavy atom. The van der Waals surface area contributed by atoms with Gasteiger partial charge in [0.25, 0.3) is 0 Å². The smallest absolute Gasteiger partial charge is 0.409 e. The van der Waals surface area contributed by atoms with E-state index in [9.17, 15) is 9.59 Å². The molecular weight excluding hydrogens is 456 g/mol. The van der Waals surface area contributed by atoms with Crippen molar-refractivity contribution in [2.75, 3.05) is 19.7 Å². The van der Waals surface area contributed by atoms with Gasteiger partial charge in [0.05, 0.1) is 23.8 Å². The Morgan fingerprint density at radius 1 is 1.06 bits per heavy atom. The second-order valence-corrected chi connectivity index (χ2v) is 9.43. The highest BCUT2D eigenvalue weighted by Gasteiger charge is 2.27. The molecule has 0 aliphatic carbocycles. The summed E-state index contributed by atoms with van der Waals surface area (Å²) in [6, 6.07) is 21.9. The summed E-state index contributed by atoms with van der Waals surface area (Å²) in [6.45, 7) is 4.83. The number of aromatic nitrogens is 2. The highest BCUT2D eigenvalue weighted by atomic mass is 16.6. The number of imidazole rings is 1. The lowest BCUT2D eigenvalue weighted by molar-refractivity contribution is 0.0548. The van der Waals surface area contributed by atoms with Crippen LogP contribution in [0.3, 0.4) is 0 Å². The molecule has 1 aliphatic heterocycles. The third-order valence-corrected chi connectivity index (χ3v) is 6.95. The molecule has 3 heterocycles. The number of nitrogens with one attached hydrogen (secondary N) is 1. The van der Waals surface area contributed by atoms with Gasteiger partial charge in [-0.25, -0.2) is 9.59 Å². The number of carbonyl (C=O) groups is 1. The molecule has 1 N–H and O–H groups in total. The fourth-order valence-corrected chi connectivity index (χ4v) is 4.92. The largest absolute Gasteiger partial charge is 0.468 e. The third-order valence-electron chi connectivity index (χ3n) is 6.95. The lowest BCUT2D eigenvalue weighted by Gasteiger charge is -2.33. The van der Waals surface area contributed by atoms with E-state index in [1.54, 1.807) is 11.2 Å². The van der Waals surface area contributed by atoms with E-state index in [0.717, 1.165) is 23.3 Å². The number of furan rings is 1. The molecule has 1 atom stereocenters. The summed E-state index contributed by atoms with van der Waals surface area (Å²) in [7, 11) is 0. The lowest BCUT2D eigenvalue weighted by Crippen LogP contribution is -2.42. The molecule has 0 radical (unpaired) electrons. The molecule has 2 aromatic heterocycles. The molecule has 1 amide bonds. The number of nitrogens with zero attached hydrogens (tertiary/aromatic N) is 3. The molecule has 0 unspecified atom stereocenters. The zero-order chi connectivity index (χ0) is 24.9. The van der Waals surface area contributed by atoms with Crippen LogP contribution >= 0.6 is 0 Å². The van der Waals surface area contributed by atoms with Crippen molar-refractivity contribution < 1.29 is 13.9 Å².